The smallest absolute Gasteiger partial charge is 0.317 e. The highest BCUT2D eigenvalue weighted by molar-refractivity contribution is 5.85. The van der Waals surface area contributed by atoms with E-state index >= 15 is 0 Å². The number of rotatable bonds is 2. The number of nitrogens with two attached hydrogens (primary N) is 1. The summed E-state index contributed by atoms with van der Waals surface area (Å²) in [5, 5.41) is 15.3. The minimum Gasteiger partial charge on any atom is -0.481 e. The van der Waals surface area contributed by atoms with Crippen LogP contribution < -0.4 is 5.73 Å². The Bertz CT molecular complexity index is 103. The molecule has 0 aromatic heterocycles. The maximum absolute atomic E-state index is 9.37. The Hall–Kier alpha value is -0.810. The molecule has 0 fully saturated rings. The second kappa shape index (κ2) is 11.9. The van der Waals surface area contributed by atoms with Crippen LogP contribution in [0.2, 0.25) is 0 Å². The summed E-state index contributed by atoms with van der Waals surface area (Å²) >= 11 is 0. The number of carboxylic acid groups (broad SMARTS) is 2. The van der Waals surface area contributed by atoms with Crippen molar-refractivity contribution in [1.29, 1.82) is 0 Å². The van der Waals surface area contributed by atoms with E-state index in [1.165, 1.54) is 0 Å². The van der Waals surface area contributed by atoms with E-state index in [0.29, 0.717) is 0 Å². The molecule has 11 heavy (non-hydrogen) atoms. The number of aliphatic carboxylic acids is 2. The van der Waals surface area contributed by atoms with Crippen LogP contribution in [0.15, 0.2) is 0 Å². The number of hydrogen-bond acceptors (Lipinski definition) is 3. The molecule has 0 aliphatic rings. The van der Waals surface area contributed by atoms with E-state index in [1.807, 2.05) is 0 Å². The molecular weight excluding hydrogens is 174 g/mol. The van der Waals surface area contributed by atoms with Crippen molar-refractivity contribution in [2.75, 3.05) is 6.54 Å². The van der Waals surface area contributed by atoms with Crippen LogP contribution in [0.1, 0.15) is 13.3 Å². The minimum absolute atomic E-state index is 0. The van der Waals surface area contributed by atoms with Crippen LogP contribution in [0.4, 0.5) is 0 Å². The Morgan fingerprint density at radius 3 is 1.45 bits per heavy atom. The molecule has 0 unspecified atom stereocenters. The van der Waals surface area contributed by atoms with Gasteiger partial charge in [0.1, 0.15) is 0 Å². The molecule has 0 aromatic rings. The van der Waals surface area contributed by atoms with Gasteiger partial charge in [-0.1, -0.05) is 6.92 Å². The van der Waals surface area contributed by atoms with Gasteiger partial charge in [0.2, 0.25) is 0 Å². The van der Waals surface area contributed by atoms with Crippen LogP contribution in [0.3, 0.4) is 0 Å². The fourth-order valence-electron chi connectivity index (χ4n) is 0. The first-order valence-corrected chi connectivity index (χ1v) is 2.68. The first-order valence-electron chi connectivity index (χ1n) is 2.68. The molecule has 0 radical (unpaired) electrons. The Labute approximate surface area is 70.6 Å². The Kier molecular flexibility index (Phi) is 18.0. The summed E-state index contributed by atoms with van der Waals surface area (Å²) in [4.78, 5) is 18.6. The summed E-state index contributed by atoms with van der Waals surface area (Å²) in [5.74, 6) is -1.71. The lowest BCUT2D eigenvalue weighted by Gasteiger charge is -1.73. The van der Waals surface area contributed by atoms with Crippen molar-refractivity contribution in [3.05, 3.63) is 0 Å². The van der Waals surface area contributed by atoms with Gasteiger partial charge in [-0.25, -0.2) is 0 Å². The topological polar surface area (TPSA) is 101 Å². The van der Waals surface area contributed by atoms with Gasteiger partial charge < -0.3 is 15.9 Å². The van der Waals surface area contributed by atoms with E-state index in [1.54, 1.807) is 6.92 Å². The second-order valence-corrected chi connectivity index (χ2v) is 1.35. The lowest BCUT2D eigenvalue weighted by Crippen LogP contribution is -2.10. The lowest BCUT2D eigenvalue weighted by atomic mass is 10.5. The average molecular weight is 186 g/mol. The predicted molar refractivity (Wildman–Crippen MR) is 41.9 cm³/mol. The molecule has 4 N–H and O–H groups in total. The average Bonchev–Trinajstić information content (AvgIpc) is 1.89. The fraction of sp³-hybridized carbons (Fsp3) is 0.600. The highest BCUT2D eigenvalue weighted by Crippen LogP contribution is 1.67. The molecule has 0 saturated carbocycles. The molecule has 0 saturated heterocycles. The zero-order valence-corrected chi connectivity index (χ0v) is 6.93. The van der Waals surface area contributed by atoms with Gasteiger partial charge in [-0.15, -0.1) is 12.4 Å². The molecule has 0 aromatic carbocycles. The molecule has 0 amide bonds. The van der Waals surface area contributed by atoms with Gasteiger partial charge in [-0.3, -0.25) is 9.59 Å². The molecule has 0 rings (SSSR count). The molecule has 0 spiro atoms. The van der Waals surface area contributed by atoms with Crippen LogP contribution in [-0.2, 0) is 9.59 Å². The van der Waals surface area contributed by atoms with Crippen molar-refractivity contribution in [2.45, 2.75) is 13.3 Å². The van der Waals surface area contributed by atoms with Crippen molar-refractivity contribution in [1.82, 2.24) is 0 Å². The largest absolute Gasteiger partial charge is 0.481 e. The van der Waals surface area contributed by atoms with Crippen molar-refractivity contribution < 1.29 is 19.8 Å². The molecule has 0 atom stereocenters. The van der Waals surface area contributed by atoms with Crippen LogP contribution in [0.5, 0.6) is 0 Å². The van der Waals surface area contributed by atoms with Gasteiger partial charge in [-0.05, 0) is 0 Å². The molecule has 0 aliphatic heterocycles. The predicted octanol–water partition coefficient (Wildman–Crippen LogP) is -0.0675. The molecule has 0 aliphatic carbocycles. The summed E-state index contributed by atoms with van der Waals surface area (Å²) < 4.78 is 0. The van der Waals surface area contributed by atoms with E-state index in [9.17, 15) is 9.59 Å². The third-order valence-electron chi connectivity index (χ3n) is 0.477. The quantitative estimate of drug-likeness (QED) is 0.559. The van der Waals surface area contributed by atoms with E-state index in [2.05, 4.69) is 5.73 Å². The highest BCUT2D eigenvalue weighted by Gasteiger charge is 1.81. The Morgan fingerprint density at radius 1 is 1.27 bits per heavy atom. The maximum Gasteiger partial charge on any atom is 0.317 e. The van der Waals surface area contributed by atoms with Crippen LogP contribution >= 0.6 is 12.4 Å². The Balaban J connectivity index is -0.000000107. The van der Waals surface area contributed by atoms with Crippen molar-refractivity contribution >= 4 is 24.3 Å². The van der Waals surface area contributed by atoms with E-state index in [0.717, 1.165) is 0 Å². The van der Waals surface area contributed by atoms with Crippen LogP contribution in [0, 0.1) is 0 Å². The van der Waals surface area contributed by atoms with Gasteiger partial charge in [0.05, 0.1) is 6.54 Å². The summed E-state index contributed by atoms with van der Waals surface area (Å²) in [5.41, 5.74) is 4.57. The van der Waals surface area contributed by atoms with E-state index in [-0.39, 0.29) is 25.4 Å². The SMILES string of the molecule is CCC(=O)O.Cl.NCC(=O)O. The number of hydrogen-bond donors (Lipinski definition) is 3. The monoisotopic (exact) mass is 185 g/mol. The molecule has 0 heterocycles. The third kappa shape index (κ3) is 46.7. The van der Waals surface area contributed by atoms with Gasteiger partial charge in [0.15, 0.2) is 0 Å². The van der Waals surface area contributed by atoms with Crippen LogP contribution in [0.25, 0.3) is 0 Å². The number of carbonyl (C=O) groups is 2. The van der Waals surface area contributed by atoms with Crippen molar-refractivity contribution in [2.24, 2.45) is 5.73 Å². The Morgan fingerprint density at radius 2 is 1.45 bits per heavy atom. The lowest BCUT2D eigenvalue weighted by molar-refractivity contribution is -0.137. The van der Waals surface area contributed by atoms with Gasteiger partial charge >= 0.3 is 11.9 Å². The zero-order valence-electron chi connectivity index (χ0n) is 6.11. The van der Waals surface area contributed by atoms with Crippen molar-refractivity contribution in [3.8, 4) is 0 Å². The first kappa shape index (κ1) is 16.6. The zero-order chi connectivity index (χ0) is 8.57. The first-order chi connectivity index (χ1) is 4.54. The summed E-state index contributed by atoms with van der Waals surface area (Å²) in [7, 11) is 0. The summed E-state index contributed by atoms with van der Waals surface area (Å²) in [6.45, 7) is 1.32. The van der Waals surface area contributed by atoms with E-state index < -0.39 is 11.9 Å². The van der Waals surface area contributed by atoms with Crippen LogP contribution in [-0.4, -0.2) is 28.7 Å². The van der Waals surface area contributed by atoms with E-state index in [4.69, 9.17) is 10.2 Å². The summed E-state index contributed by atoms with van der Waals surface area (Å²) in [6, 6.07) is 0. The summed E-state index contributed by atoms with van der Waals surface area (Å²) in [6.07, 6.45) is 0.222. The maximum atomic E-state index is 9.37. The standard InChI is InChI=1S/C3H6O2.C2H5NO2.ClH/c1-2-3(4)5;3-1-2(4)5;/h2H2,1H3,(H,4,5);1,3H2,(H,4,5);1H. The normalized spacial score (nSPS) is 6.73. The van der Waals surface area contributed by atoms with Crippen molar-refractivity contribution in [3.63, 3.8) is 0 Å². The number of halogens is 1. The molecule has 68 valence electrons. The third-order valence-corrected chi connectivity index (χ3v) is 0.477. The molecule has 5 nitrogen and oxygen atoms in total. The fourth-order valence-corrected chi connectivity index (χ4v) is 0. The molecule has 0 bridgehead atoms. The number of carboxylic acids is 2. The van der Waals surface area contributed by atoms with Gasteiger partial charge in [0, 0.05) is 6.42 Å². The highest BCUT2D eigenvalue weighted by atomic mass is 35.5. The van der Waals surface area contributed by atoms with Gasteiger partial charge in [-0.2, -0.15) is 0 Å². The molecular formula is C5H12ClNO4. The second-order valence-electron chi connectivity index (χ2n) is 1.35. The van der Waals surface area contributed by atoms with Gasteiger partial charge in [0.25, 0.3) is 0 Å². The molecule has 6 heteroatoms. The minimum atomic E-state index is -0.968.